The van der Waals surface area contributed by atoms with Gasteiger partial charge in [-0.25, -0.2) is 4.98 Å². The molecule has 4 rings (SSSR count). The van der Waals surface area contributed by atoms with Crippen molar-refractivity contribution in [1.82, 2.24) is 9.97 Å². The van der Waals surface area contributed by atoms with Crippen LogP contribution >= 0.6 is 0 Å². The SMILES string of the molecule is O=CC1C(c2cccnc2F)=CC(c2ccccc2)=CN1c1cccnc1. The number of benzene rings is 1. The maximum atomic E-state index is 14.4. The fourth-order valence-corrected chi connectivity index (χ4v) is 3.18. The molecule has 0 spiro atoms. The summed E-state index contributed by atoms with van der Waals surface area (Å²) in [5.41, 5.74) is 3.46. The number of anilines is 1. The third-order valence-corrected chi connectivity index (χ3v) is 4.46. The Bertz CT molecular complexity index is 1020. The molecule has 1 aliphatic rings. The number of allylic oxidation sites excluding steroid dienone is 2. The highest BCUT2D eigenvalue weighted by Crippen LogP contribution is 2.35. The highest BCUT2D eigenvalue weighted by molar-refractivity contribution is 5.98. The zero-order valence-electron chi connectivity index (χ0n) is 14.4. The van der Waals surface area contributed by atoms with Crippen molar-refractivity contribution in [3.05, 3.63) is 103 Å². The summed E-state index contributed by atoms with van der Waals surface area (Å²) < 4.78 is 14.4. The van der Waals surface area contributed by atoms with Crippen LogP contribution in [0.25, 0.3) is 11.1 Å². The highest BCUT2D eigenvalue weighted by Gasteiger charge is 2.28. The van der Waals surface area contributed by atoms with Gasteiger partial charge in [-0.3, -0.25) is 4.98 Å². The van der Waals surface area contributed by atoms with E-state index in [4.69, 9.17) is 0 Å². The lowest BCUT2D eigenvalue weighted by atomic mass is 9.91. The van der Waals surface area contributed by atoms with E-state index in [0.717, 1.165) is 23.1 Å². The fourth-order valence-electron chi connectivity index (χ4n) is 3.18. The van der Waals surface area contributed by atoms with Gasteiger partial charge in [0.1, 0.15) is 12.3 Å². The van der Waals surface area contributed by atoms with Gasteiger partial charge in [-0.05, 0) is 47.1 Å². The van der Waals surface area contributed by atoms with Crippen LogP contribution in [0.3, 0.4) is 0 Å². The molecular weight excluding hydrogens is 341 g/mol. The summed E-state index contributed by atoms with van der Waals surface area (Å²) in [6, 6.07) is 16.1. The van der Waals surface area contributed by atoms with E-state index in [1.54, 1.807) is 30.6 Å². The van der Waals surface area contributed by atoms with Crippen molar-refractivity contribution >= 4 is 23.1 Å². The average molecular weight is 357 g/mol. The number of carbonyl (C=O) groups excluding carboxylic acids is 1. The number of carbonyl (C=O) groups is 1. The van der Waals surface area contributed by atoms with Crippen LogP contribution in [0, 0.1) is 5.95 Å². The van der Waals surface area contributed by atoms with Gasteiger partial charge in [0.15, 0.2) is 0 Å². The Kier molecular flexibility index (Phi) is 4.58. The molecule has 1 aromatic carbocycles. The third kappa shape index (κ3) is 3.27. The second kappa shape index (κ2) is 7.33. The molecule has 1 aliphatic heterocycles. The summed E-state index contributed by atoms with van der Waals surface area (Å²) in [5.74, 6) is -0.601. The van der Waals surface area contributed by atoms with E-state index in [-0.39, 0.29) is 0 Å². The van der Waals surface area contributed by atoms with Crippen LogP contribution in [0.1, 0.15) is 11.1 Å². The molecule has 0 radical (unpaired) electrons. The lowest BCUT2D eigenvalue weighted by Gasteiger charge is -2.33. The van der Waals surface area contributed by atoms with Crippen LogP contribution in [-0.2, 0) is 4.79 Å². The molecule has 3 heterocycles. The van der Waals surface area contributed by atoms with Crippen LogP contribution in [0.5, 0.6) is 0 Å². The van der Waals surface area contributed by atoms with Gasteiger partial charge in [0, 0.05) is 24.2 Å². The van der Waals surface area contributed by atoms with E-state index in [2.05, 4.69) is 9.97 Å². The molecule has 0 saturated carbocycles. The fraction of sp³-hybridized carbons (Fsp3) is 0.0455. The van der Waals surface area contributed by atoms with Crippen molar-refractivity contribution in [3.8, 4) is 0 Å². The summed E-state index contributed by atoms with van der Waals surface area (Å²) in [4.78, 5) is 21.7. The van der Waals surface area contributed by atoms with Gasteiger partial charge < -0.3 is 9.69 Å². The molecule has 4 nitrogen and oxygen atoms in total. The van der Waals surface area contributed by atoms with Crippen molar-refractivity contribution in [2.24, 2.45) is 0 Å². The Morgan fingerprint density at radius 1 is 1.00 bits per heavy atom. The first-order valence-electron chi connectivity index (χ1n) is 8.51. The van der Waals surface area contributed by atoms with Crippen molar-refractivity contribution in [2.75, 3.05) is 4.90 Å². The predicted molar refractivity (Wildman–Crippen MR) is 103 cm³/mol. The number of aromatic nitrogens is 2. The number of halogens is 1. The van der Waals surface area contributed by atoms with Gasteiger partial charge >= 0.3 is 0 Å². The topological polar surface area (TPSA) is 46.1 Å². The minimum atomic E-state index is -0.680. The molecule has 0 amide bonds. The van der Waals surface area contributed by atoms with Crippen molar-refractivity contribution < 1.29 is 9.18 Å². The van der Waals surface area contributed by atoms with E-state index in [9.17, 15) is 9.18 Å². The van der Waals surface area contributed by atoms with Gasteiger partial charge in [-0.2, -0.15) is 4.39 Å². The highest BCUT2D eigenvalue weighted by atomic mass is 19.1. The maximum Gasteiger partial charge on any atom is 0.220 e. The molecule has 2 aromatic heterocycles. The van der Waals surface area contributed by atoms with Crippen LogP contribution in [-0.4, -0.2) is 22.3 Å². The first kappa shape index (κ1) is 16.8. The normalized spacial score (nSPS) is 16.5. The molecule has 0 N–H and O–H groups in total. The lowest BCUT2D eigenvalue weighted by Crippen LogP contribution is -2.36. The van der Waals surface area contributed by atoms with Crippen molar-refractivity contribution in [1.29, 1.82) is 0 Å². The van der Waals surface area contributed by atoms with Crippen LogP contribution in [0.15, 0.2) is 85.5 Å². The molecule has 0 aliphatic carbocycles. The average Bonchev–Trinajstić information content (AvgIpc) is 2.74. The molecule has 3 aromatic rings. The molecule has 0 bridgehead atoms. The summed E-state index contributed by atoms with van der Waals surface area (Å²) in [6.07, 6.45) is 9.29. The largest absolute Gasteiger partial charge is 0.332 e. The molecule has 132 valence electrons. The predicted octanol–water partition coefficient (Wildman–Crippen LogP) is 4.13. The smallest absolute Gasteiger partial charge is 0.220 e. The van der Waals surface area contributed by atoms with Crippen LogP contribution in [0.2, 0.25) is 0 Å². The maximum absolute atomic E-state index is 14.4. The van der Waals surface area contributed by atoms with E-state index in [1.807, 2.05) is 53.6 Å². The first-order valence-corrected chi connectivity index (χ1v) is 8.51. The lowest BCUT2D eigenvalue weighted by molar-refractivity contribution is -0.107. The van der Waals surface area contributed by atoms with E-state index in [1.165, 1.54) is 6.20 Å². The van der Waals surface area contributed by atoms with E-state index >= 15 is 0 Å². The van der Waals surface area contributed by atoms with Crippen molar-refractivity contribution in [2.45, 2.75) is 6.04 Å². The number of nitrogens with zero attached hydrogens (tertiary/aromatic N) is 3. The Hall–Kier alpha value is -3.60. The molecule has 1 atom stereocenters. The summed E-state index contributed by atoms with van der Waals surface area (Å²) in [7, 11) is 0. The van der Waals surface area contributed by atoms with E-state index in [0.29, 0.717) is 11.1 Å². The van der Waals surface area contributed by atoms with Gasteiger partial charge in [-0.15, -0.1) is 0 Å². The Labute approximate surface area is 156 Å². The van der Waals surface area contributed by atoms with Gasteiger partial charge in [0.25, 0.3) is 0 Å². The third-order valence-electron chi connectivity index (χ3n) is 4.46. The molecule has 0 saturated heterocycles. The molecule has 5 heteroatoms. The van der Waals surface area contributed by atoms with E-state index < -0.39 is 12.0 Å². The zero-order valence-corrected chi connectivity index (χ0v) is 14.4. The Balaban J connectivity index is 1.91. The molecular formula is C22H16FN3O. The summed E-state index contributed by atoms with van der Waals surface area (Å²) in [6.45, 7) is 0. The quantitative estimate of drug-likeness (QED) is 0.520. The van der Waals surface area contributed by atoms with Gasteiger partial charge in [-0.1, -0.05) is 30.3 Å². The second-order valence-electron chi connectivity index (χ2n) is 6.09. The molecule has 0 fully saturated rings. The minimum Gasteiger partial charge on any atom is -0.332 e. The zero-order chi connectivity index (χ0) is 18.6. The second-order valence-corrected chi connectivity index (χ2v) is 6.09. The molecule has 27 heavy (non-hydrogen) atoms. The van der Waals surface area contributed by atoms with Gasteiger partial charge in [0.05, 0.1) is 11.9 Å². The van der Waals surface area contributed by atoms with Crippen molar-refractivity contribution in [3.63, 3.8) is 0 Å². The standard InChI is InChI=1S/C22H16FN3O/c23-22-19(9-5-11-25-22)20-12-17(16-6-2-1-3-7-16)14-26(21(20)15-27)18-8-4-10-24-13-18/h1-15,21H. The Morgan fingerprint density at radius 2 is 1.81 bits per heavy atom. The van der Waals surface area contributed by atoms with Gasteiger partial charge in [0.2, 0.25) is 5.95 Å². The van der Waals surface area contributed by atoms with Crippen LogP contribution < -0.4 is 4.90 Å². The molecule has 1 unspecified atom stereocenters. The number of rotatable bonds is 4. The number of aldehydes is 1. The monoisotopic (exact) mass is 357 g/mol. The van der Waals surface area contributed by atoms with Crippen LogP contribution in [0.4, 0.5) is 10.1 Å². The first-order chi connectivity index (χ1) is 13.3. The minimum absolute atomic E-state index is 0.310. The number of pyridine rings is 2. The Morgan fingerprint density at radius 3 is 2.52 bits per heavy atom. The summed E-state index contributed by atoms with van der Waals surface area (Å²) in [5, 5.41) is 0. The number of hydrogen-bond donors (Lipinski definition) is 0. The summed E-state index contributed by atoms with van der Waals surface area (Å²) >= 11 is 0. The number of hydrogen-bond acceptors (Lipinski definition) is 4.